The van der Waals surface area contributed by atoms with Gasteiger partial charge in [0.1, 0.15) is 4.88 Å². The summed E-state index contributed by atoms with van der Waals surface area (Å²) in [7, 11) is 0. The third-order valence-electron chi connectivity index (χ3n) is 3.00. The van der Waals surface area contributed by atoms with E-state index in [1.807, 2.05) is 25.1 Å². The van der Waals surface area contributed by atoms with E-state index in [0.29, 0.717) is 22.9 Å². The van der Waals surface area contributed by atoms with Gasteiger partial charge in [0.2, 0.25) is 0 Å². The lowest BCUT2D eigenvalue weighted by atomic mass is 10.1. The number of aryl methyl sites for hydroxylation is 1. The van der Waals surface area contributed by atoms with Crippen LogP contribution in [0, 0.1) is 6.92 Å². The molecule has 0 aliphatic carbocycles. The molecule has 1 amide bonds. The van der Waals surface area contributed by atoms with E-state index in [9.17, 15) is 4.79 Å². The molecule has 0 aliphatic rings. The van der Waals surface area contributed by atoms with E-state index in [2.05, 4.69) is 10.5 Å². The molecule has 0 spiro atoms. The van der Waals surface area contributed by atoms with Crippen molar-refractivity contribution in [2.45, 2.75) is 13.5 Å². The van der Waals surface area contributed by atoms with Crippen LogP contribution in [0.1, 0.15) is 21.0 Å². The molecule has 3 aromatic rings. The first-order chi connectivity index (χ1) is 9.65. The second-order valence-electron chi connectivity index (χ2n) is 4.51. The van der Waals surface area contributed by atoms with Gasteiger partial charge in [0, 0.05) is 16.2 Å². The first kappa shape index (κ1) is 12.7. The Morgan fingerprint density at radius 2 is 2.30 bits per heavy atom. The Bertz CT molecular complexity index is 762. The lowest BCUT2D eigenvalue weighted by Gasteiger charge is -2.01. The van der Waals surface area contributed by atoms with Crippen LogP contribution in [0.3, 0.4) is 0 Å². The quantitative estimate of drug-likeness (QED) is 0.776. The van der Waals surface area contributed by atoms with Crippen LogP contribution in [0.15, 0.2) is 35.0 Å². The summed E-state index contributed by atoms with van der Waals surface area (Å²) in [4.78, 5) is 12.7. The van der Waals surface area contributed by atoms with Gasteiger partial charge >= 0.3 is 0 Å². The van der Waals surface area contributed by atoms with Crippen LogP contribution >= 0.6 is 11.3 Å². The van der Waals surface area contributed by atoms with E-state index in [4.69, 9.17) is 10.3 Å². The largest absolute Gasteiger partial charge is 0.397 e. The minimum atomic E-state index is -0.197. The third-order valence-corrected chi connectivity index (χ3v) is 4.17. The van der Waals surface area contributed by atoms with Crippen LogP contribution in [0.2, 0.25) is 0 Å². The summed E-state index contributed by atoms with van der Waals surface area (Å²) in [5.74, 6) is 0.409. The molecule has 0 fully saturated rings. The lowest BCUT2D eigenvalue weighted by Crippen LogP contribution is -2.22. The zero-order chi connectivity index (χ0) is 14.1. The van der Waals surface area contributed by atoms with E-state index in [0.717, 1.165) is 15.6 Å². The molecule has 2 heterocycles. The molecule has 1 aromatic carbocycles. The van der Waals surface area contributed by atoms with Crippen molar-refractivity contribution in [3.63, 3.8) is 0 Å². The maximum absolute atomic E-state index is 12.2. The van der Waals surface area contributed by atoms with Gasteiger partial charge in [0.05, 0.1) is 18.4 Å². The number of fused-ring (bicyclic) bond motifs is 1. The molecule has 5 nitrogen and oxygen atoms in total. The average molecular weight is 287 g/mol. The van der Waals surface area contributed by atoms with Gasteiger partial charge in [-0.25, -0.2) is 0 Å². The Morgan fingerprint density at radius 3 is 3.05 bits per heavy atom. The summed E-state index contributed by atoms with van der Waals surface area (Å²) >= 11 is 1.40. The van der Waals surface area contributed by atoms with Gasteiger partial charge in [-0.15, -0.1) is 11.3 Å². The van der Waals surface area contributed by atoms with Gasteiger partial charge in [-0.3, -0.25) is 4.79 Å². The highest BCUT2D eigenvalue weighted by molar-refractivity contribution is 7.21. The number of benzene rings is 1. The third kappa shape index (κ3) is 2.25. The highest BCUT2D eigenvalue weighted by atomic mass is 32.1. The van der Waals surface area contributed by atoms with E-state index < -0.39 is 0 Å². The number of nitrogens with zero attached hydrogens (tertiary/aromatic N) is 1. The molecule has 0 saturated heterocycles. The molecular formula is C14H13N3O2S. The normalized spacial score (nSPS) is 10.8. The maximum Gasteiger partial charge on any atom is 0.263 e. The van der Waals surface area contributed by atoms with Crippen molar-refractivity contribution in [2.75, 3.05) is 5.73 Å². The van der Waals surface area contributed by atoms with Crippen LogP contribution in [-0.2, 0) is 6.54 Å². The van der Waals surface area contributed by atoms with E-state index in [-0.39, 0.29) is 5.91 Å². The van der Waals surface area contributed by atoms with Crippen LogP contribution < -0.4 is 11.1 Å². The minimum Gasteiger partial charge on any atom is -0.397 e. The number of amides is 1. The fourth-order valence-electron chi connectivity index (χ4n) is 1.97. The Hall–Kier alpha value is -2.34. The highest BCUT2D eigenvalue weighted by Crippen LogP contribution is 2.34. The van der Waals surface area contributed by atoms with Gasteiger partial charge in [-0.05, 0) is 18.6 Å². The zero-order valence-electron chi connectivity index (χ0n) is 10.8. The number of anilines is 1. The molecule has 0 atom stereocenters. The fourth-order valence-corrected chi connectivity index (χ4v) is 3.11. The molecule has 0 radical (unpaired) electrons. The summed E-state index contributed by atoms with van der Waals surface area (Å²) in [6.07, 6.45) is 1.54. The molecule has 6 heteroatoms. The van der Waals surface area contributed by atoms with Crippen LogP contribution in [-0.4, -0.2) is 11.1 Å². The number of carbonyl (C=O) groups is 1. The maximum atomic E-state index is 12.2. The van der Waals surface area contributed by atoms with Gasteiger partial charge < -0.3 is 15.6 Å². The summed E-state index contributed by atoms with van der Waals surface area (Å²) in [6, 6.07) is 7.67. The second-order valence-corrected chi connectivity index (χ2v) is 5.56. The highest BCUT2D eigenvalue weighted by Gasteiger charge is 2.16. The molecule has 102 valence electrons. The van der Waals surface area contributed by atoms with Gasteiger partial charge in [0.15, 0.2) is 5.76 Å². The summed E-state index contributed by atoms with van der Waals surface area (Å²) in [5, 5.41) is 7.28. The van der Waals surface area contributed by atoms with Crippen molar-refractivity contribution >= 4 is 33.0 Å². The number of nitrogen functional groups attached to an aromatic ring is 1. The van der Waals surface area contributed by atoms with Crippen molar-refractivity contribution in [3.8, 4) is 0 Å². The summed E-state index contributed by atoms with van der Waals surface area (Å²) in [6.45, 7) is 2.31. The van der Waals surface area contributed by atoms with E-state index in [1.165, 1.54) is 17.5 Å². The molecule has 2 aromatic heterocycles. The minimum absolute atomic E-state index is 0.197. The first-order valence-electron chi connectivity index (χ1n) is 6.11. The van der Waals surface area contributed by atoms with E-state index in [1.54, 1.807) is 6.07 Å². The number of hydrogen-bond acceptors (Lipinski definition) is 5. The predicted octanol–water partition coefficient (Wildman–Crippen LogP) is 2.71. The van der Waals surface area contributed by atoms with Gasteiger partial charge in [0.25, 0.3) is 5.91 Å². The Labute approximate surface area is 119 Å². The van der Waals surface area contributed by atoms with Crippen molar-refractivity contribution < 1.29 is 9.32 Å². The fraction of sp³-hybridized carbons (Fsp3) is 0.143. The second kappa shape index (κ2) is 4.97. The van der Waals surface area contributed by atoms with Gasteiger partial charge in [-0.2, -0.15) is 0 Å². The monoisotopic (exact) mass is 287 g/mol. The standard InChI is InChI=1S/C14H13N3O2S/c1-8-2-3-10-11(6-8)20-13(12(10)15)14(18)16-7-9-4-5-17-19-9/h2-6H,7,15H2,1H3,(H,16,18). The Balaban J connectivity index is 1.85. The zero-order valence-corrected chi connectivity index (χ0v) is 11.7. The topological polar surface area (TPSA) is 81.2 Å². The molecule has 0 aliphatic heterocycles. The molecule has 0 saturated carbocycles. The molecule has 20 heavy (non-hydrogen) atoms. The number of nitrogens with one attached hydrogen (secondary N) is 1. The smallest absolute Gasteiger partial charge is 0.263 e. The SMILES string of the molecule is Cc1ccc2c(N)c(C(=O)NCc3ccno3)sc2c1. The number of nitrogens with two attached hydrogens (primary N) is 1. The number of rotatable bonds is 3. The van der Waals surface area contributed by atoms with Crippen molar-refractivity contribution in [1.29, 1.82) is 0 Å². The van der Waals surface area contributed by atoms with Gasteiger partial charge in [-0.1, -0.05) is 17.3 Å². The number of hydrogen-bond donors (Lipinski definition) is 2. The average Bonchev–Trinajstić information content (AvgIpc) is 3.04. The van der Waals surface area contributed by atoms with Crippen molar-refractivity contribution in [2.24, 2.45) is 0 Å². The molecular weight excluding hydrogens is 274 g/mol. The summed E-state index contributed by atoms with van der Waals surface area (Å²) < 4.78 is 5.95. The molecule has 0 bridgehead atoms. The van der Waals surface area contributed by atoms with Crippen LogP contribution in [0.4, 0.5) is 5.69 Å². The number of thiophene rings is 1. The first-order valence-corrected chi connectivity index (χ1v) is 6.93. The molecule has 0 unspecified atom stereocenters. The number of carbonyl (C=O) groups excluding carboxylic acids is 1. The number of aromatic nitrogens is 1. The predicted molar refractivity (Wildman–Crippen MR) is 78.6 cm³/mol. The van der Waals surface area contributed by atoms with Crippen molar-refractivity contribution in [3.05, 3.63) is 46.7 Å². The Morgan fingerprint density at radius 1 is 1.45 bits per heavy atom. The van der Waals surface area contributed by atoms with Crippen molar-refractivity contribution in [1.82, 2.24) is 10.5 Å². The van der Waals surface area contributed by atoms with Crippen LogP contribution in [0.5, 0.6) is 0 Å². The summed E-state index contributed by atoms with van der Waals surface area (Å²) in [5.41, 5.74) is 7.73. The lowest BCUT2D eigenvalue weighted by molar-refractivity contribution is 0.0952. The molecule has 3 N–H and O–H groups in total. The van der Waals surface area contributed by atoms with E-state index >= 15 is 0 Å². The molecule has 3 rings (SSSR count). The van der Waals surface area contributed by atoms with Crippen LogP contribution in [0.25, 0.3) is 10.1 Å². The Kier molecular flexibility index (Phi) is 3.15.